The number of benzene rings is 2. The molecule has 154 valence electrons. The summed E-state index contributed by atoms with van der Waals surface area (Å²) >= 11 is 0. The van der Waals surface area contributed by atoms with Crippen molar-refractivity contribution in [3.63, 3.8) is 0 Å². The molecule has 1 aliphatic heterocycles. The van der Waals surface area contributed by atoms with Gasteiger partial charge < -0.3 is 25.4 Å². The van der Waals surface area contributed by atoms with E-state index in [9.17, 15) is 9.59 Å². The number of rotatable bonds is 8. The third-order valence-electron chi connectivity index (χ3n) is 4.94. The molecule has 0 aliphatic carbocycles. The van der Waals surface area contributed by atoms with Crippen LogP contribution >= 0.6 is 0 Å². The van der Waals surface area contributed by atoms with Gasteiger partial charge in [-0.2, -0.15) is 0 Å². The highest BCUT2D eigenvalue weighted by molar-refractivity contribution is 5.91. The summed E-state index contributed by atoms with van der Waals surface area (Å²) in [4.78, 5) is 24.8. The van der Waals surface area contributed by atoms with E-state index in [0.717, 1.165) is 30.0 Å². The number of hydrogen-bond acceptors (Lipinski definition) is 4. The Morgan fingerprint density at radius 1 is 1.07 bits per heavy atom. The smallest absolute Gasteiger partial charge is 0.279 e. The van der Waals surface area contributed by atoms with Crippen LogP contribution in [-0.4, -0.2) is 38.1 Å². The van der Waals surface area contributed by atoms with Gasteiger partial charge in [0, 0.05) is 5.69 Å². The van der Waals surface area contributed by atoms with Gasteiger partial charge in [-0.05, 0) is 68.3 Å². The Kier molecular flexibility index (Phi) is 7.08. The van der Waals surface area contributed by atoms with Gasteiger partial charge in [-0.3, -0.25) is 9.59 Å². The van der Waals surface area contributed by atoms with Crippen molar-refractivity contribution in [1.82, 2.24) is 0 Å². The van der Waals surface area contributed by atoms with Crippen LogP contribution in [0.15, 0.2) is 48.5 Å². The van der Waals surface area contributed by atoms with Crippen molar-refractivity contribution in [1.29, 1.82) is 0 Å². The molecule has 1 heterocycles. The fourth-order valence-corrected chi connectivity index (χ4v) is 3.50. The van der Waals surface area contributed by atoms with Crippen LogP contribution in [0.5, 0.6) is 17.2 Å². The summed E-state index contributed by atoms with van der Waals surface area (Å²) in [5, 5.41) is 2.90. The zero-order valence-corrected chi connectivity index (χ0v) is 16.6. The van der Waals surface area contributed by atoms with E-state index in [1.165, 1.54) is 0 Å². The molecule has 1 aliphatic rings. The minimum absolute atomic E-state index is 0.0784. The van der Waals surface area contributed by atoms with Crippen molar-refractivity contribution in [2.75, 3.05) is 31.6 Å². The lowest BCUT2D eigenvalue weighted by Gasteiger charge is -2.27. The summed E-state index contributed by atoms with van der Waals surface area (Å²) in [5.74, 6) is 1.71. The Hall–Kier alpha value is -3.06. The van der Waals surface area contributed by atoms with Gasteiger partial charge in [0.2, 0.25) is 5.91 Å². The molecule has 2 amide bonds. The van der Waals surface area contributed by atoms with Crippen LogP contribution in [0, 0.1) is 5.92 Å². The third kappa shape index (κ3) is 6.22. The molecule has 0 bridgehead atoms. The van der Waals surface area contributed by atoms with Crippen LogP contribution in [0.2, 0.25) is 0 Å². The van der Waals surface area contributed by atoms with Crippen LogP contribution in [0.3, 0.4) is 0 Å². The first-order valence-corrected chi connectivity index (χ1v) is 9.97. The maximum atomic E-state index is 12.3. The molecule has 29 heavy (non-hydrogen) atoms. The van der Waals surface area contributed by atoms with Gasteiger partial charge in [0.1, 0.15) is 17.2 Å². The number of carbonyl (C=O) groups is 2. The second kappa shape index (κ2) is 9.93. The van der Waals surface area contributed by atoms with Gasteiger partial charge in [0.15, 0.2) is 6.54 Å². The summed E-state index contributed by atoms with van der Waals surface area (Å²) < 4.78 is 11.2. The second-order valence-electron chi connectivity index (χ2n) is 7.20. The van der Waals surface area contributed by atoms with Crippen molar-refractivity contribution in [3.05, 3.63) is 48.5 Å². The molecule has 0 spiro atoms. The first kappa shape index (κ1) is 20.7. The van der Waals surface area contributed by atoms with E-state index in [1.54, 1.807) is 12.1 Å². The molecule has 3 rings (SSSR count). The molecule has 4 N–H and O–H groups in total. The Morgan fingerprint density at radius 3 is 2.31 bits per heavy atom. The van der Waals surface area contributed by atoms with Crippen LogP contribution in [-0.2, 0) is 9.59 Å². The first-order chi connectivity index (χ1) is 14.0. The molecule has 0 saturated carbocycles. The van der Waals surface area contributed by atoms with Gasteiger partial charge in [0.25, 0.3) is 5.91 Å². The number of primary amides is 1. The molecule has 1 fully saturated rings. The zero-order chi connectivity index (χ0) is 20.6. The largest absolute Gasteiger partial charge is 0.494 e. The van der Waals surface area contributed by atoms with Crippen molar-refractivity contribution in [2.45, 2.75) is 19.8 Å². The van der Waals surface area contributed by atoms with Gasteiger partial charge >= 0.3 is 0 Å². The van der Waals surface area contributed by atoms with Crippen LogP contribution < -0.4 is 25.4 Å². The summed E-state index contributed by atoms with van der Waals surface area (Å²) in [6, 6.07) is 14.6. The lowest BCUT2D eigenvalue weighted by Crippen LogP contribution is -3.14. The van der Waals surface area contributed by atoms with E-state index in [1.807, 2.05) is 43.3 Å². The van der Waals surface area contributed by atoms with Gasteiger partial charge in [0.05, 0.1) is 25.6 Å². The highest BCUT2D eigenvalue weighted by Gasteiger charge is 2.28. The molecule has 2 aromatic carbocycles. The molecule has 1 unspecified atom stereocenters. The van der Waals surface area contributed by atoms with E-state index < -0.39 is 0 Å². The number of anilines is 1. The fraction of sp³-hybridized carbons (Fsp3) is 0.364. The van der Waals surface area contributed by atoms with Crippen molar-refractivity contribution in [3.8, 4) is 17.2 Å². The lowest BCUT2D eigenvalue weighted by atomic mass is 9.97. The third-order valence-corrected chi connectivity index (χ3v) is 4.94. The average molecular weight is 398 g/mol. The van der Waals surface area contributed by atoms with Crippen molar-refractivity contribution >= 4 is 17.5 Å². The standard InChI is InChI=1S/C22H27N3O4/c1-2-28-18-9-11-20(12-10-18)29-19-7-5-17(6-8-19)24-21(26)15-25-13-3-4-16(14-25)22(23)27/h5-12,16H,2-4,13-15H2,1H3,(H2,23,27)(H,24,26)/p+1/t16-/m0/s1. The Bertz CT molecular complexity index is 821. The van der Waals surface area contributed by atoms with E-state index >= 15 is 0 Å². The second-order valence-corrected chi connectivity index (χ2v) is 7.20. The topological polar surface area (TPSA) is 95.1 Å². The normalized spacial score (nSPS) is 18.7. The minimum atomic E-state index is -0.272. The maximum absolute atomic E-state index is 12.3. The number of piperidine rings is 1. The van der Waals surface area contributed by atoms with Gasteiger partial charge in [-0.25, -0.2) is 0 Å². The van der Waals surface area contributed by atoms with E-state index in [0.29, 0.717) is 36.9 Å². The molecule has 2 atom stereocenters. The molecule has 2 aromatic rings. The number of amides is 2. The van der Waals surface area contributed by atoms with Crippen LogP contribution in [0.1, 0.15) is 19.8 Å². The molecular weight excluding hydrogens is 370 g/mol. The van der Waals surface area contributed by atoms with Crippen LogP contribution in [0.4, 0.5) is 5.69 Å². The van der Waals surface area contributed by atoms with Crippen molar-refractivity contribution < 1.29 is 24.0 Å². The van der Waals surface area contributed by atoms with E-state index in [2.05, 4.69) is 5.32 Å². The van der Waals surface area contributed by atoms with Crippen LogP contribution in [0.25, 0.3) is 0 Å². The number of nitrogens with two attached hydrogens (primary N) is 1. The number of nitrogens with one attached hydrogen (secondary N) is 2. The molecule has 7 heteroatoms. The predicted molar refractivity (Wildman–Crippen MR) is 110 cm³/mol. The SMILES string of the molecule is CCOc1ccc(Oc2ccc(NC(=O)C[NH+]3CCC[C@H](C(N)=O)C3)cc2)cc1. The maximum Gasteiger partial charge on any atom is 0.279 e. The monoisotopic (exact) mass is 398 g/mol. The van der Waals surface area contributed by atoms with Gasteiger partial charge in [-0.1, -0.05) is 0 Å². The highest BCUT2D eigenvalue weighted by atomic mass is 16.5. The summed E-state index contributed by atoms with van der Waals surface area (Å²) in [6.07, 6.45) is 1.73. The number of likely N-dealkylation sites (tertiary alicyclic amines) is 1. The summed E-state index contributed by atoms with van der Waals surface area (Å²) in [6.45, 7) is 4.40. The minimum Gasteiger partial charge on any atom is -0.494 e. The number of quaternary nitrogens is 1. The molecular formula is C22H28N3O4+. The summed E-state index contributed by atoms with van der Waals surface area (Å²) in [7, 11) is 0. The average Bonchev–Trinajstić information content (AvgIpc) is 2.71. The predicted octanol–water partition coefficient (Wildman–Crippen LogP) is 1.60. The first-order valence-electron chi connectivity index (χ1n) is 9.97. The van der Waals surface area contributed by atoms with E-state index in [-0.39, 0.29) is 17.7 Å². The molecule has 7 nitrogen and oxygen atoms in total. The zero-order valence-electron chi connectivity index (χ0n) is 16.6. The highest BCUT2D eigenvalue weighted by Crippen LogP contribution is 2.25. The quantitative estimate of drug-likeness (QED) is 0.629. The molecule has 1 saturated heterocycles. The summed E-state index contributed by atoms with van der Waals surface area (Å²) in [5.41, 5.74) is 6.11. The van der Waals surface area contributed by atoms with Gasteiger partial charge in [-0.15, -0.1) is 0 Å². The van der Waals surface area contributed by atoms with E-state index in [4.69, 9.17) is 15.2 Å². The number of hydrogen-bond donors (Lipinski definition) is 3. The number of carbonyl (C=O) groups excluding carboxylic acids is 2. The fourth-order valence-electron chi connectivity index (χ4n) is 3.50. The Labute approximate surface area is 170 Å². The number of ether oxygens (including phenoxy) is 2. The Balaban J connectivity index is 1.49. The molecule has 0 aromatic heterocycles. The molecule has 0 radical (unpaired) electrons. The Morgan fingerprint density at radius 2 is 1.69 bits per heavy atom. The van der Waals surface area contributed by atoms with Crippen molar-refractivity contribution in [2.24, 2.45) is 11.7 Å². The lowest BCUT2D eigenvalue weighted by molar-refractivity contribution is -0.899.